The average molecular weight is 288 g/mol. The van der Waals surface area contributed by atoms with Crippen LogP contribution in [0.3, 0.4) is 0 Å². The zero-order chi connectivity index (χ0) is 13.2. The van der Waals surface area contributed by atoms with Gasteiger partial charge in [0, 0.05) is 18.9 Å². The third kappa shape index (κ3) is 3.64. The Morgan fingerprint density at radius 2 is 2.22 bits per heavy atom. The van der Waals surface area contributed by atoms with Crippen LogP contribution in [0.2, 0.25) is 0 Å². The molecular weight excluding hydrogens is 275 g/mol. The lowest BCUT2D eigenvalue weighted by Gasteiger charge is -2.00. The highest BCUT2D eigenvalue weighted by Gasteiger charge is 2.05. The van der Waals surface area contributed by atoms with E-state index in [1.54, 1.807) is 6.07 Å². The van der Waals surface area contributed by atoms with Gasteiger partial charge in [0.15, 0.2) is 5.13 Å². The quantitative estimate of drug-likeness (QED) is 0.858. The SMILES string of the molecule is CS(=O)(=O)CCCNc1nc2cc(F)ccc2s1. The van der Waals surface area contributed by atoms with E-state index in [2.05, 4.69) is 10.3 Å². The van der Waals surface area contributed by atoms with Gasteiger partial charge in [-0.05, 0) is 18.6 Å². The molecule has 2 rings (SSSR count). The van der Waals surface area contributed by atoms with E-state index >= 15 is 0 Å². The van der Waals surface area contributed by atoms with Crippen LogP contribution in [0.25, 0.3) is 10.2 Å². The number of nitrogens with zero attached hydrogens (tertiary/aromatic N) is 1. The molecule has 1 N–H and O–H groups in total. The molecule has 1 aromatic heterocycles. The molecule has 0 aliphatic carbocycles. The van der Waals surface area contributed by atoms with Crippen molar-refractivity contribution in [3.05, 3.63) is 24.0 Å². The second kappa shape index (κ2) is 5.19. The topological polar surface area (TPSA) is 59.1 Å². The standard InChI is InChI=1S/C11H13FN2O2S2/c1-18(15,16)6-2-5-13-11-14-9-7-8(12)3-4-10(9)17-11/h3-4,7H,2,5-6H2,1H3,(H,13,14). The molecule has 0 atom stereocenters. The van der Waals surface area contributed by atoms with Crippen LogP contribution in [0, 0.1) is 5.82 Å². The third-order valence-electron chi connectivity index (χ3n) is 2.32. The number of sulfone groups is 1. The minimum Gasteiger partial charge on any atom is -0.361 e. The fourth-order valence-electron chi connectivity index (χ4n) is 1.51. The summed E-state index contributed by atoms with van der Waals surface area (Å²) in [7, 11) is -2.92. The van der Waals surface area contributed by atoms with Crippen molar-refractivity contribution in [1.82, 2.24) is 4.98 Å². The van der Waals surface area contributed by atoms with Gasteiger partial charge in [0.2, 0.25) is 0 Å². The molecule has 0 unspecified atom stereocenters. The van der Waals surface area contributed by atoms with Gasteiger partial charge in [-0.15, -0.1) is 0 Å². The maximum atomic E-state index is 13.0. The minimum atomic E-state index is -2.92. The van der Waals surface area contributed by atoms with E-state index in [-0.39, 0.29) is 11.6 Å². The van der Waals surface area contributed by atoms with Gasteiger partial charge in [0.25, 0.3) is 0 Å². The Morgan fingerprint density at radius 1 is 1.44 bits per heavy atom. The number of hydrogen-bond donors (Lipinski definition) is 1. The molecule has 0 aliphatic rings. The van der Waals surface area contributed by atoms with E-state index in [4.69, 9.17) is 0 Å². The summed E-state index contributed by atoms with van der Waals surface area (Å²) < 4.78 is 35.7. The molecule has 0 radical (unpaired) electrons. The van der Waals surface area contributed by atoms with Gasteiger partial charge in [-0.25, -0.2) is 17.8 Å². The summed E-state index contributed by atoms with van der Waals surface area (Å²) in [6, 6.07) is 4.46. The fourth-order valence-corrected chi connectivity index (χ4v) is 3.05. The van der Waals surface area contributed by atoms with E-state index in [0.29, 0.717) is 23.6 Å². The first-order valence-corrected chi connectivity index (χ1v) is 8.29. The smallest absolute Gasteiger partial charge is 0.183 e. The summed E-state index contributed by atoms with van der Waals surface area (Å²) in [5.74, 6) is -0.157. The second-order valence-corrected chi connectivity index (χ2v) is 7.33. The molecule has 4 nitrogen and oxygen atoms in total. The molecule has 0 saturated heterocycles. The van der Waals surface area contributed by atoms with Crippen LogP contribution >= 0.6 is 11.3 Å². The summed E-state index contributed by atoms with van der Waals surface area (Å²) in [4.78, 5) is 4.23. The summed E-state index contributed by atoms with van der Waals surface area (Å²) in [6.45, 7) is 0.537. The molecule has 0 amide bonds. The fraction of sp³-hybridized carbons (Fsp3) is 0.364. The van der Waals surface area contributed by atoms with Crippen LogP contribution in [0.15, 0.2) is 18.2 Å². The molecule has 0 fully saturated rings. The highest BCUT2D eigenvalue weighted by molar-refractivity contribution is 7.90. The van der Waals surface area contributed by atoms with Crippen LogP contribution in [0.4, 0.5) is 9.52 Å². The molecule has 1 heterocycles. The van der Waals surface area contributed by atoms with Gasteiger partial charge in [0.05, 0.1) is 16.0 Å². The highest BCUT2D eigenvalue weighted by Crippen LogP contribution is 2.26. The normalized spacial score (nSPS) is 11.9. The Balaban J connectivity index is 1.96. The Bertz CT molecular complexity index is 652. The lowest BCUT2D eigenvalue weighted by atomic mass is 10.3. The van der Waals surface area contributed by atoms with Crippen LogP contribution in [0.5, 0.6) is 0 Å². The molecule has 0 bridgehead atoms. The van der Waals surface area contributed by atoms with Crippen molar-refractivity contribution < 1.29 is 12.8 Å². The van der Waals surface area contributed by atoms with Crippen LogP contribution in [-0.4, -0.2) is 32.0 Å². The van der Waals surface area contributed by atoms with Crippen molar-refractivity contribution in [2.45, 2.75) is 6.42 Å². The molecular formula is C11H13FN2O2S2. The second-order valence-electron chi connectivity index (χ2n) is 4.04. The first-order valence-electron chi connectivity index (χ1n) is 5.42. The molecule has 0 spiro atoms. The van der Waals surface area contributed by atoms with E-state index in [1.807, 2.05) is 0 Å². The molecule has 98 valence electrons. The molecule has 0 aliphatic heterocycles. The van der Waals surface area contributed by atoms with Gasteiger partial charge < -0.3 is 5.32 Å². The molecule has 2 aromatic rings. The van der Waals surface area contributed by atoms with Crippen molar-refractivity contribution >= 4 is 36.5 Å². The van der Waals surface area contributed by atoms with Gasteiger partial charge in [-0.1, -0.05) is 11.3 Å². The number of benzene rings is 1. The lowest BCUT2D eigenvalue weighted by molar-refractivity contribution is 0.600. The highest BCUT2D eigenvalue weighted by atomic mass is 32.2. The predicted octanol–water partition coefficient (Wildman–Crippen LogP) is 2.28. The molecule has 7 heteroatoms. The Kier molecular flexibility index (Phi) is 3.82. The number of rotatable bonds is 5. The molecule has 0 saturated carbocycles. The average Bonchev–Trinajstić information content (AvgIpc) is 2.65. The number of aromatic nitrogens is 1. The Labute approximate surface area is 109 Å². The van der Waals surface area contributed by atoms with E-state index in [0.717, 1.165) is 4.70 Å². The summed E-state index contributed by atoms with van der Waals surface area (Å²) in [5.41, 5.74) is 0.616. The zero-order valence-electron chi connectivity index (χ0n) is 9.81. The third-order valence-corrected chi connectivity index (χ3v) is 4.34. The van der Waals surface area contributed by atoms with Crippen molar-refractivity contribution in [3.8, 4) is 0 Å². The summed E-state index contributed by atoms with van der Waals surface area (Å²) in [6.07, 6.45) is 1.75. The van der Waals surface area contributed by atoms with Gasteiger partial charge >= 0.3 is 0 Å². The number of anilines is 1. The number of thiazole rings is 1. The van der Waals surface area contributed by atoms with Gasteiger partial charge in [-0.3, -0.25) is 0 Å². The van der Waals surface area contributed by atoms with E-state index in [9.17, 15) is 12.8 Å². The monoisotopic (exact) mass is 288 g/mol. The molecule has 18 heavy (non-hydrogen) atoms. The van der Waals surface area contributed by atoms with E-state index < -0.39 is 9.84 Å². The van der Waals surface area contributed by atoms with Crippen molar-refractivity contribution in [3.63, 3.8) is 0 Å². The van der Waals surface area contributed by atoms with Crippen LogP contribution in [0.1, 0.15) is 6.42 Å². The van der Waals surface area contributed by atoms with Crippen LogP contribution in [-0.2, 0) is 9.84 Å². The summed E-state index contributed by atoms with van der Waals surface area (Å²) in [5, 5.41) is 3.73. The number of fused-ring (bicyclic) bond motifs is 1. The maximum Gasteiger partial charge on any atom is 0.183 e. The van der Waals surface area contributed by atoms with Crippen molar-refractivity contribution in [1.29, 1.82) is 0 Å². The largest absolute Gasteiger partial charge is 0.361 e. The molecule has 1 aromatic carbocycles. The van der Waals surface area contributed by atoms with Crippen LogP contribution < -0.4 is 5.32 Å². The van der Waals surface area contributed by atoms with Gasteiger partial charge in [-0.2, -0.15) is 0 Å². The van der Waals surface area contributed by atoms with E-state index in [1.165, 1.54) is 29.7 Å². The first kappa shape index (κ1) is 13.2. The number of halogens is 1. The maximum absolute atomic E-state index is 13.0. The minimum absolute atomic E-state index is 0.152. The predicted molar refractivity (Wildman–Crippen MR) is 72.4 cm³/mol. The lowest BCUT2D eigenvalue weighted by Crippen LogP contribution is -2.09. The Morgan fingerprint density at radius 3 is 2.94 bits per heavy atom. The Hall–Kier alpha value is -1.21. The first-order chi connectivity index (χ1) is 8.44. The van der Waals surface area contributed by atoms with Crippen molar-refractivity contribution in [2.75, 3.05) is 23.9 Å². The van der Waals surface area contributed by atoms with Gasteiger partial charge in [0.1, 0.15) is 15.7 Å². The summed E-state index contributed by atoms with van der Waals surface area (Å²) >= 11 is 1.43. The number of nitrogens with one attached hydrogen (secondary N) is 1. The van der Waals surface area contributed by atoms with Crippen molar-refractivity contribution in [2.24, 2.45) is 0 Å². The zero-order valence-corrected chi connectivity index (χ0v) is 11.4. The number of hydrogen-bond acceptors (Lipinski definition) is 5.